The molecule has 2 fully saturated rings. The third kappa shape index (κ3) is 4.71. The smallest absolute Gasteiger partial charge is 0.335 e. The van der Waals surface area contributed by atoms with Gasteiger partial charge in [0.25, 0.3) is 0 Å². The van der Waals surface area contributed by atoms with Crippen molar-refractivity contribution in [2.75, 3.05) is 0 Å². The van der Waals surface area contributed by atoms with Gasteiger partial charge in [0.1, 0.15) is 0 Å². The Labute approximate surface area is 177 Å². The molecule has 0 saturated carbocycles. The number of carboxylic acid groups (broad SMARTS) is 1. The van der Waals surface area contributed by atoms with Crippen LogP contribution in [0.2, 0.25) is 0 Å². The quantitative estimate of drug-likeness (QED) is 0.643. The maximum Gasteiger partial charge on any atom is 0.335 e. The van der Waals surface area contributed by atoms with Crippen LogP contribution in [0.3, 0.4) is 0 Å². The maximum absolute atomic E-state index is 12.5. The van der Waals surface area contributed by atoms with E-state index in [4.69, 9.17) is 9.84 Å². The Morgan fingerprint density at radius 3 is 2.57 bits per heavy atom. The average Bonchev–Trinajstić information content (AvgIpc) is 3.32. The number of aryl methyl sites for hydroxylation is 2. The largest absolute Gasteiger partial charge is 0.478 e. The maximum atomic E-state index is 12.5. The fourth-order valence-corrected chi connectivity index (χ4v) is 4.90. The summed E-state index contributed by atoms with van der Waals surface area (Å²) in [5.41, 5.74) is 3.67. The molecule has 4 nitrogen and oxygen atoms in total. The van der Waals surface area contributed by atoms with Gasteiger partial charge < -0.3 is 9.84 Å². The highest BCUT2D eigenvalue weighted by Gasteiger charge is 2.47. The van der Waals surface area contributed by atoms with Gasteiger partial charge in [0.15, 0.2) is 5.78 Å². The number of hydrogen-bond donors (Lipinski definition) is 1. The van der Waals surface area contributed by atoms with Crippen molar-refractivity contribution in [2.45, 2.75) is 51.2 Å². The number of carbonyl (C=O) groups is 2. The fourth-order valence-electron chi connectivity index (χ4n) is 4.90. The molecule has 0 amide bonds. The van der Waals surface area contributed by atoms with E-state index in [0.717, 1.165) is 36.8 Å². The van der Waals surface area contributed by atoms with Crippen LogP contribution in [-0.4, -0.2) is 29.1 Å². The molecule has 30 heavy (non-hydrogen) atoms. The first kappa shape index (κ1) is 20.5. The first-order chi connectivity index (χ1) is 14.5. The van der Waals surface area contributed by atoms with Gasteiger partial charge in [0, 0.05) is 12.3 Å². The Hall–Kier alpha value is -2.72. The van der Waals surface area contributed by atoms with E-state index < -0.39 is 5.97 Å². The Morgan fingerprint density at radius 1 is 1.07 bits per heavy atom. The second-order valence-electron chi connectivity index (χ2n) is 8.56. The summed E-state index contributed by atoms with van der Waals surface area (Å²) in [6.07, 6.45) is 8.79. The highest BCUT2D eigenvalue weighted by molar-refractivity contribution is 5.91. The number of rotatable bonds is 8. The van der Waals surface area contributed by atoms with E-state index in [1.54, 1.807) is 18.2 Å². The summed E-state index contributed by atoms with van der Waals surface area (Å²) in [6, 6.07) is 15.2. The molecule has 2 aliphatic heterocycles. The van der Waals surface area contributed by atoms with Crippen LogP contribution in [0.4, 0.5) is 0 Å². The first-order valence-electron chi connectivity index (χ1n) is 10.7. The van der Waals surface area contributed by atoms with Crippen molar-refractivity contribution in [1.29, 1.82) is 0 Å². The predicted molar refractivity (Wildman–Crippen MR) is 116 cm³/mol. The van der Waals surface area contributed by atoms with Crippen LogP contribution in [0.5, 0.6) is 0 Å². The summed E-state index contributed by atoms with van der Waals surface area (Å²) in [7, 11) is 0. The van der Waals surface area contributed by atoms with Gasteiger partial charge in [-0.1, -0.05) is 48.0 Å². The molecule has 0 radical (unpaired) electrons. The van der Waals surface area contributed by atoms with E-state index in [9.17, 15) is 9.59 Å². The molecule has 4 heteroatoms. The number of carboxylic acids is 1. The predicted octanol–water partition coefficient (Wildman–Crippen LogP) is 4.79. The lowest BCUT2D eigenvalue weighted by molar-refractivity contribution is -0.114. The Morgan fingerprint density at radius 2 is 1.83 bits per heavy atom. The van der Waals surface area contributed by atoms with E-state index in [0.29, 0.717) is 17.9 Å². The van der Waals surface area contributed by atoms with Crippen LogP contribution in [0.15, 0.2) is 60.7 Å². The van der Waals surface area contributed by atoms with Gasteiger partial charge >= 0.3 is 5.97 Å². The van der Waals surface area contributed by atoms with E-state index in [1.807, 2.05) is 37.3 Å². The highest BCUT2D eigenvalue weighted by atomic mass is 16.5. The standard InChI is InChI=1S/C26H28O4/c1-17-3-2-4-19(15-17)16-21(27)10-12-23-22(24-13-14-25(23)30-24)11-7-18-5-8-20(9-6-18)26(28)29/h2-6,8-10,12,15,22-25H,7,11,13-14,16H2,1H3,(H,28,29)/b12-10+/t22-,23+,24-,25+/m1/s1. The number of fused-ring (bicyclic) bond motifs is 2. The first-order valence-corrected chi connectivity index (χ1v) is 10.7. The van der Waals surface area contributed by atoms with Gasteiger partial charge in [-0.15, -0.1) is 0 Å². The molecule has 2 heterocycles. The monoisotopic (exact) mass is 404 g/mol. The van der Waals surface area contributed by atoms with Crippen molar-refractivity contribution in [2.24, 2.45) is 11.8 Å². The summed E-state index contributed by atoms with van der Waals surface area (Å²) in [5, 5.41) is 9.04. The topological polar surface area (TPSA) is 63.6 Å². The number of ether oxygens (including phenoxy) is 1. The molecule has 2 aromatic rings. The Kier molecular flexibility index (Phi) is 6.14. The van der Waals surface area contributed by atoms with Gasteiger partial charge in [-0.05, 0) is 67.9 Å². The number of hydrogen-bond acceptors (Lipinski definition) is 3. The highest BCUT2D eigenvalue weighted by Crippen LogP contribution is 2.46. The van der Waals surface area contributed by atoms with Crippen LogP contribution < -0.4 is 0 Å². The molecule has 4 atom stereocenters. The van der Waals surface area contributed by atoms with Gasteiger partial charge in [-0.25, -0.2) is 4.79 Å². The number of benzene rings is 2. The van der Waals surface area contributed by atoms with Gasteiger partial charge in [0.2, 0.25) is 0 Å². The molecular weight excluding hydrogens is 376 g/mol. The van der Waals surface area contributed by atoms with E-state index >= 15 is 0 Å². The Balaban J connectivity index is 1.37. The van der Waals surface area contributed by atoms with E-state index in [2.05, 4.69) is 12.1 Å². The van der Waals surface area contributed by atoms with E-state index in [-0.39, 0.29) is 23.9 Å². The van der Waals surface area contributed by atoms with Crippen molar-refractivity contribution >= 4 is 11.8 Å². The second kappa shape index (κ2) is 8.97. The van der Waals surface area contributed by atoms with Crippen LogP contribution in [0.25, 0.3) is 0 Å². The fraction of sp³-hybridized carbons (Fsp3) is 0.385. The van der Waals surface area contributed by atoms with Crippen molar-refractivity contribution in [3.63, 3.8) is 0 Å². The van der Waals surface area contributed by atoms with Gasteiger partial charge in [-0.3, -0.25) is 4.79 Å². The third-order valence-corrected chi connectivity index (χ3v) is 6.42. The molecule has 0 aromatic heterocycles. The zero-order valence-corrected chi connectivity index (χ0v) is 17.3. The molecule has 2 aromatic carbocycles. The van der Waals surface area contributed by atoms with Gasteiger partial charge in [0.05, 0.1) is 17.8 Å². The zero-order chi connectivity index (χ0) is 21.1. The molecule has 156 valence electrons. The number of aromatic carboxylic acids is 1. The van der Waals surface area contributed by atoms with Crippen LogP contribution in [0, 0.1) is 18.8 Å². The minimum Gasteiger partial charge on any atom is -0.478 e. The minimum absolute atomic E-state index is 0.131. The lowest BCUT2D eigenvalue weighted by atomic mass is 9.76. The molecule has 2 bridgehead atoms. The Bertz CT molecular complexity index is 944. The summed E-state index contributed by atoms with van der Waals surface area (Å²) in [4.78, 5) is 23.5. The number of ketones is 1. The van der Waals surface area contributed by atoms with E-state index in [1.165, 1.54) is 5.56 Å². The normalized spacial score (nSPS) is 25.1. The molecule has 1 N–H and O–H groups in total. The van der Waals surface area contributed by atoms with Crippen LogP contribution >= 0.6 is 0 Å². The average molecular weight is 405 g/mol. The zero-order valence-electron chi connectivity index (χ0n) is 17.3. The molecule has 2 saturated heterocycles. The van der Waals surface area contributed by atoms with Crippen molar-refractivity contribution in [3.05, 3.63) is 82.9 Å². The summed E-state index contributed by atoms with van der Waals surface area (Å²) in [6.45, 7) is 2.04. The third-order valence-electron chi connectivity index (χ3n) is 6.42. The molecule has 2 aliphatic rings. The summed E-state index contributed by atoms with van der Waals surface area (Å²) >= 11 is 0. The number of carbonyl (C=O) groups excluding carboxylic acids is 1. The van der Waals surface area contributed by atoms with Gasteiger partial charge in [-0.2, -0.15) is 0 Å². The number of allylic oxidation sites excluding steroid dienone is 1. The lowest BCUT2D eigenvalue weighted by Crippen LogP contribution is -2.26. The molecule has 0 aliphatic carbocycles. The molecular formula is C26H28O4. The summed E-state index contributed by atoms with van der Waals surface area (Å²) < 4.78 is 6.16. The summed E-state index contributed by atoms with van der Waals surface area (Å²) in [5.74, 6) is -0.0793. The molecule has 0 unspecified atom stereocenters. The van der Waals surface area contributed by atoms with Crippen molar-refractivity contribution in [1.82, 2.24) is 0 Å². The molecule has 0 spiro atoms. The second-order valence-corrected chi connectivity index (χ2v) is 8.56. The molecule has 4 rings (SSSR count). The lowest BCUT2D eigenvalue weighted by Gasteiger charge is -2.25. The van der Waals surface area contributed by atoms with Crippen molar-refractivity contribution < 1.29 is 19.4 Å². The minimum atomic E-state index is -0.899. The van der Waals surface area contributed by atoms with Crippen molar-refractivity contribution in [3.8, 4) is 0 Å². The SMILES string of the molecule is Cc1cccc(CC(=O)/C=C/[C@H]2[C@@H](CCc3ccc(C(=O)O)cc3)[C@H]3CC[C@@H]2O3)c1. The van der Waals surface area contributed by atoms with Crippen LogP contribution in [0.1, 0.15) is 46.3 Å². The van der Waals surface area contributed by atoms with Crippen LogP contribution in [-0.2, 0) is 22.4 Å².